The summed E-state index contributed by atoms with van der Waals surface area (Å²) >= 11 is 0. The second-order valence-electron chi connectivity index (χ2n) is 8.64. The van der Waals surface area contributed by atoms with Gasteiger partial charge in [-0.3, -0.25) is 14.6 Å². The summed E-state index contributed by atoms with van der Waals surface area (Å²) in [4.78, 5) is 28.8. The molecule has 0 aliphatic rings. The number of allylic oxidation sites excluding steroid dienone is 5. The first-order chi connectivity index (χ1) is 17.3. The van der Waals surface area contributed by atoms with Crippen LogP contribution in [0.25, 0.3) is 0 Å². The molecule has 1 aromatic carbocycles. The van der Waals surface area contributed by atoms with Gasteiger partial charge in [0.25, 0.3) is 11.5 Å². The zero-order valence-corrected chi connectivity index (χ0v) is 20.6. The van der Waals surface area contributed by atoms with E-state index in [0.717, 1.165) is 22.3 Å². The van der Waals surface area contributed by atoms with Gasteiger partial charge in [0.15, 0.2) is 0 Å². The maximum atomic E-state index is 12.7. The first-order valence-electron chi connectivity index (χ1n) is 11.6. The molecule has 0 saturated heterocycles. The fraction of sp³-hybridized carbons (Fsp3) is 0.172. The summed E-state index contributed by atoms with van der Waals surface area (Å²) in [6, 6.07) is 12.4. The molecule has 0 aliphatic carbocycles. The van der Waals surface area contributed by atoms with Crippen molar-refractivity contribution in [3.05, 3.63) is 130 Å². The molecule has 4 N–H and O–H groups in total. The lowest BCUT2D eigenvalue weighted by molar-refractivity contribution is 0.0959. The lowest BCUT2D eigenvalue weighted by atomic mass is 10.0. The van der Waals surface area contributed by atoms with Crippen LogP contribution in [-0.4, -0.2) is 27.7 Å². The third-order valence-corrected chi connectivity index (χ3v) is 5.59. The van der Waals surface area contributed by atoms with E-state index in [1.807, 2.05) is 44.2 Å². The maximum Gasteiger partial charge on any atom is 0.253 e. The zero-order chi connectivity index (χ0) is 26.1. The van der Waals surface area contributed by atoms with Gasteiger partial charge < -0.3 is 21.0 Å². The number of carbonyl (C=O) groups excluding carboxylic acids is 1. The normalized spacial score (nSPS) is 11.7. The van der Waals surface area contributed by atoms with Gasteiger partial charge in [0, 0.05) is 42.5 Å². The summed E-state index contributed by atoms with van der Waals surface area (Å²) in [5.74, 6) is -0.312. The monoisotopic (exact) mass is 481 g/mol. The highest BCUT2D eigenvalue weighted by Crippen LogP contribution is 2.15. The quantitative estimate of drug-likeness (QED) is 0.228. The number of nitrogens with two attached hydrogens (primary N) is 1. The average Bonchev–Trinajstić information content (AvgIpc) is 2.87. The minimum absolute atomic E-state index is 0.0446. The largest absolute Gasteiger partial charge is 0.398 e. The van der Waals surface area contributed by atoms with Crippen molar-refractivity contribution in [1.29, 1.82) is 5.41 Å². The van der Waals surface area contributed by atoms with Crippen molar-refractivity contribution in [3.8, 4) is 0 Å². The molecule has 2 heterocycles. The van der Waals surface area contributed by atoms with Crippen molar-refractivity contribution in [3.63, 3.8) is 0 Å². The molecule has 0 saturated carbocycles. The molecule has 3 aromatic rings. The number of nitrogen functional groups attached to an aromatic ring is 1. The van der Waals surface area contributed by atoms with E-state index in [9.17, 15) is 9.59 Å². The van der Waals surface area contributed by atoms with Gasteiger partial charge in [0.2, 0.25) is 0 Å². The Hall–Kier alpha value is -4.52. The molecular weight excluding hydrogens is 450 g/mol. The number of nitrogens with one attached hydrogen (secondary N) is 2. The molecule has 0 atom stereocenters. The molecule has 0 aliphatic heterocycles. The summed E-state index contributed by atoms with van der Waals surface area (Å²) in [6.07, 6.45) is 11.2. The van der Waals surface area contributed by atoms with Crippen LogP contribution in [0.3, 0.4) is 0 Å². The third-order valence-electron chi connectivity index (χ3n) is 5.59. The highest BCUT2D eigenvalue weighted by molar-refractivity contribution is 6.06. The van der Waals surface area contributed by atoms with Gasteiger partial charge in [0.05, 0.1) is 17.8 Å². The Balaban J connectivity index is 1.64. The number of carbonyl (C=O) groups is 1. The smallest absolute Gasteiger partial charge is 0.253 e. The van der Waals surface area contributed by atoms with Crippen molar-refractivity contribution in [1.82, 2.24) is 14.9 Å². The van der Waals surface area contributed by atoms with Gasteiger partial charge in [-0.15, -0.1) is 0 Å². The Morgan fingerprint density at radius 3 is 2.75 bits per heavy atom. The van der Waals surface area contributed by atoms with E-state index in [2.05, 4.69) is 16.9 Å². The molecule has 0 bridgehead atoms. The summed E-state index contributed by atoms with van der Waals surface area (Å²) in [5, 5.41) is 11.1. The zero-order valence-electron chi connectivity index (χ0n) is 20.6. The molecule has 3 rings (SSSR count). The van der Waals surface area contributed by atoms with Crippen LogP contribution in [0.5, 0.6) is 0 Å². The van der Waals surface area contributed by atoms with Crippen molar-refractivity contribution < 1.29 is 4.79 Å². The number of amides is 1. The predicted octanol–water partition coefficient (Wildman–Crippen LogP) is 4.23. The molecule has 0 radical (unpaired) electrons. The Labute approximate surface area is 211 Å². The highest BCUT2D eigenvalue weighted by Gasteiger charge is 2.11. The van der Waals surface area contributed by atoms with Crippen molar-refractivity contribution >= 4 is 17.3 Å². The Bertz CT molecular complexity index is 1400. The van der Waals surface area contributed by atoms with Crippen LogP contribution < -0.4 is 16.6 Å². The number of rotatable bonds is 10. The van der Waals surface area contributed by atoms with Crippen LogP contribution in [-0.2, 0) is 13.0 Å². The number of anilines is 1. The molecule has 0 spiro atoms. The van der Waals surface area contributed by atoms with Crippen molar-refractivity contribution in [2.75, 3.05) is 12.3 Å². The summed E-state index contributed by atoms with van der Waals surface area (Å²) in [5.41, 5.74) is 11.5. The lowest BCUT2D eigenvalue weighted by Crippen LogP contribution is -2.30. The van der Waals surface area contributed by atoms with Crippen LogP contribution in [0, 0.1) is 12.3 Å². The predicted molar refractivity (Wildman–Crippen MR) is 145 cm³/mol. The van der Waals surface area contributed by atoms with E-state index in [1.165, 1.54) is 12.3 Å². The molecule has 7 heteroatoms. The molecular formula is C29H31N5O2. The lowest BCUT2D eigenvalue weighted by Gasteiger charge is -2.11. The number of hydrogen-bond acceptors (Lipinski definition) is 5. The SMILES string of the molecule is C=C/C(=C\C=C(/C)Cn1ccccc1=O)Cc1cncc(C(=O)NCC(=N)c2cc(C)ccc2N)c1. The second-order valence-corrected chi connectivity index (χ2v) is 8.64. The summed E-state index contributed by atoms with van der Waals surface area (Å²) in [7, 11) is 0. The number of benzene rings is 1. The van der Waals surface area contributed by atoms with Gasteiger partial charge in [-0.05, 0) is 55.7 Å². The van der Waals surface area contributed by atoms with Crippen LogP contribution in [0.4, 0.5) is 5.69 Å². The van der Waals surface area contributed by atoms with E-state index in [0.29, 0.717) is 29.8 Å². The van der Waals surface area contributed by atoms with Crippen LogP contribution in [0.2, 0.25) is 0 Å². The van der Waals surface area contributed by atoms with Crippen molar-refractivity contribution in [2.24, 2.45) is 0 Å². The Morgan fingerprint density at radius 2 is 2.00 bits per heavy atom. The van der Waals surface area contributed by atoms with E-state index in [4.69, 9.17) is 11.1 Å². The molecule has 2 aromatic heterocycles. The average molecular weight is 482 g/mol. The van der Waals surface area contributed by atoms with E-state index in [1.54, 1.807) is 41.2 Å². The van der Waals surface area contributed by atoms with Crippen LogP contribution in [0.1, 0.15) is 34.0 Å². The van der Waals surface area contributed by atoms with E-state index >= 15 is 0 Å². The number of nitrogens with zero attached hydrogens (tertiary/aromatic N) is 2. The van der Waals surface area contributed by atoms with Gasteiger partial charge in [-0.25, -0.2) is 0 Å². The number of hydrogen-bond donors (Lipinski definition) is 3. The fourth-order valence-electron chi connectivity index (χ4n) is 3.60. The second kappa shape index (κ2) is 12.3. The molecule has 184 valence electrons. The molecule has 36 heavy (non-hydrogen) atoms. The van der Waals surface area contributed by atoms with Crippen LogP contribution >= 0.6 is 0 Å². The highest BCUT2D eigenvalue weighted by atomic mass is 16.1. The first-order valence-corrected chi connectivity index (χ1v) is 11.6. The minimum Gasteiger partial charge on any atom is -0.398 e. The molecule has 0 fully saturated rings. The van der Waals surface area contributed by atoms with Crippen LogP contribution in [0.15, 0.2) is 102 Å². The summed E-state index contributed by atoms with van der Waals surface area (Å²) < 4.78 is 1.65. The first kappa shape index (κ1) is 26.1. The Kier molecular flexibility index (Phi) is 8.89. The van der Waals surface area contributed by atoms with Gasteiger partial charge in [0.1, 0.15) is 0 Å². The maximum absolute atomic E-state index is 12.7. The van der Waals surface area contributed by atoms with Crippen molar-refractivity contribution in [2.45, 2.75) is 26.8 Å². The standard InChI is InChI=1S/C29H31N5O2/c1-4-22(10-8-21(3)19-34-12-6-5-7-28(34)35)14-23-15-24(17-32-16-23)29(36)33-18-27(31)25-13-20(2)9-11-26(25)30/h4-13,15-17,31H,1,14,18-19,30H2,2-3H3,(H,33,36)/b21-8+,22-10+,31-27?. The fourth-order valence-corrected chi connectivity index (χ4v) is 3.60. The van der Waals surface area contributed by atoms with E-state index < -0.39 is 0 Å². The summed E-state index contributed by atoms with van der Waals surface area (Å²) in [6.45, 7) is 8.35. The van der Waals surface area contributed by atoms with E-state index in [-0.39, 0.29) is 23.7 Å². The number of pyridine rings is 2. The van der Waals surface area contributed by atoms with Gasteiger partial charge in [-0.1, -0.05) is 48.1 Å². The number of aryl methyl sites for hydroxylation is 1. The topological polar surface area (TPSA) is 114 Å². The van der Waals surface area contributed by atoms with Gasteiger partial charge >= 0.3 is 0 Å². The molecule has 0 unspecified atom stereocenters. The Morgan fingerprint density at radius 1 is 1.19 bits per heavy atom. The minimum atomic E-state index is -0.312. The molecule has 1 amide bonds. The third kappa shape index (κ3) is 7.24. The number of aromatic nitrogens is 2. The van der Waals surface area contributed by atoms with Gasteiger partial charge in [-0.2, -0.15) is 0 Å². The molecule has 7 nitrogen and oxygen atoms in total.